The number of hydrogen-bond acceptors (Lipinski definition) is 1. The second-order valence-electron chi connectivity index (χ2n) is 4.37. The molecule has 0 aliphatic rings. The number of benzene rings is 1. The van der Waals surface area contributed by atoms with E-state index in [1.165, 1.54) is 16.7 Å². The zero-order valence-electron chi connectivity index (χ0n) is 10.5. The summed E-state index contributed by atoms with van der Waals surface area (Å²) >= 11 is 0. The van der Waals surface area contributed by atoms with Crippen LogP contribution in [0, 0.1) is 0 Å². The van der Waals surface area contributed by atoms with E-state index in [9.17, 15) is 0 Å². The lowest BCUT2D eigenvalue weighted by Crippen LogP contribution is -2.28. The van der Waals surface area contributed by atoms with Crippen molar-refractivity contribution in [2.45, 2.75) is 26.3 Å². The van der Waals surface area contributed by atoms with Gasteiger partial charge < -0.3 is 5.32 Å². The molecule has 1 rings (SSSR count). The molecule has 0 amide bonds. The highest BCUT2D eigenvalue weighted by molar-refractivity contribution is 5.61. The highest BCUT2D eigenvalue weighted by atomic mass is 14.9. The van der Waals surface area contributed by atoms with Crippen LogP contribution < -0.4 is 5.32 Å². The Hall–Kier alpha value is -1.34. The van der Waals surface area contributed by atoms with E-state index in [1.54, 1.807) is 0 Å². The largest absolute Gasteiger partial charge is 0.313 e. The minimum atomic E-state index is 0.357. The van der Waals surface area contributed by atoms with E-state index in [0.29, 0.717) is 6.04 Å². The quantitative estimate of drug-likeness (QED) is 0.742. The fourth-order valence-electron chi connectivity index (χ4n) is 1.68. The minimum Gasteiger partial charge on any atom is -0.313 e. The summed E-state index contributed by atoms with van der Waals surface area (Å²) in [5, 5.41) is 3.27. The minimum absolute atomic E-state index is 0.357. The molecule has 1 nitrogen and oxygen atoms in total. The number of nitrogens with one attached hydrogen (secondary N) is 1. The fourth-order valence-corrected chi connectivity index (χ4v) is 1.68. The van der Waals surface area contributed by atoms with E-state index < -0.39 is 0 Å². The first kappa shape index (κ1) is 12.7. The fraction of sp³-hybridized carbons (Fsp3) is 0.333. The van der Waals surface area contributed by atoms with Gasteiger partial charge in [0.15, 0.2) is 0 Å². The molecule has 1 atom stereocenters. The smallest absolute Gasteiger partial charge is 0.0311 e. The molecule has 1 heteroatoms. The monoisotopic (exact) mass is 215 g/mol. The first-order valence-corrected chi connectivity index (χ1v) is 5.62. The molecule has 0 spiro atoms. The summed E-state index contributed by atoms with van der Waals surface area (Å²) in [7, 11) is 1.97. The number of allylic oxidation sites excluding steroid dienone is 1. The first-order chi connectivity index (χ1) is 7.54. The van der Waals surface area contributed by atoms with Gasteiger partial charge in [-0.2, -0.15) is 0 Å². The number of hydrogen-bond donors (Lipinski definition) is 1. The molecular weight excluding hydrogens is 194 g/mol. The molecule has 0 bridgehead atoms. The van der Waals surface area contributed by atoms with Crippen LogP contribution in [-0.2, 0) is 6.42 Å². The summed E-state index contributed by atoms with van der Waals surface area (Å²) in [6.07, 6.45) is 0.988. The van der Waals surface area contributed by atoms with Crippen LogP contribution >= 0.6 is 0 Å². The average Bonchev–Trinajstić information content (AvgIpc) is 2.26. The number of likely N-dealkylation sites (N-methyl/N-ethyl adjacent to an activating group) is 1. The van der Waals surface area contributed by atoms with Crippen LogP contribution in [0.2, 0.25) is 0 Å². The molecule has 0 aromatic heterocycles. The Balaban J connectivity index is 2.75. The standard InChI is InChI=1S/C15H21N/c1-11(2)14-8-6-13(7-9-14)10-15(16-5)12(3)4/h6-9,15-16H,1,3,10H2,2,4-5H3. The summed E-state index contributed by atoms with van der Waals surface area (Å²) in [5.74, 6) is 0. The Bertz CT molecular complexity index is 373. The van der Waals surface area contributed by atoms with Crippen LogP contribution in [-0.4, -0.2) is 13.1 Å². The molecule has 1 N–H and O–H groups in total. The van der Waals surface area contributed by atoms with Crippen LogP contribution in [0.4, 0.5) is 0 Å². The summed E-state index contributed by atoms with van der Waals surface area (Å²) in [6, 6.07) is 8.94. The van der Waals surface area contributed by atoms with Gasteiger partial charge in [-0.3, -0.25) is 0 Å². The lowest BCUT2D eigenvalue weighted by molar-refractivity contribution is 0.634. The molecule has 86 valence electrons. The van der Waals surface area contributed by atoms with Crippen molar-refractivity contribution in [3.63, 3.8) is 0 Å². The van der Waals surface area contributed by atoms with Crippen LogP contribution in [0.25, 0.3) is 5.57 Å². The summed E-state index contributed by atoms with van der Waals surface area (Å²) in [6.45, 7) is 12.0. The van der Waals surface area contributed by atoms with Gasteiger partial charge >= 0.3 is 0 Å². The van der Waals surface area contributed by atoms with Crippen molar-refractivity contribution >= 4 is 5.57 Å². The van der Waals surface area contributed by atoms with Crippen LogP contribution in [0.3, 0.4) is 0 Å². The molecule has 0 saturated heterocycles. The lowest BCUT2D eigenvalue weighted by Gasteiger charge is -2.16. The zero-order valence-corrected chi connectivity index (χ0v) is 10.5. The zero-order chi connectivity index (χ0) is 12.1. The van der Waals surface area contributed by atoms with Crippen molar-refractivity contribution in [3.05, 3.63) is 54.1 Å². The van der Waals surface area contributed by atoms with Gasteiger partial charge in [-0.15, -0.1) is 0 Å². The van der Waals surface area contributed by atoms with E-state index in [1.807, 2.05) is 14.0 Å². The maximum absolute atomic E-state index is 3.99. The predicted octanol–water partition coefficient (Wildman–Crippen LogP) is 3.43. The van der Waals surface area contributed by atoms with Crippen molar-refractivity contribution < 1.29 is 0 Å². The summed E-state index contributed by atoms with van der Waals surface area (Å²) < 4.78 is 0. The third kappa shape index (κ3) is 3.35. The van der Waals surface area contributed by atoms with E-state index in [0.717, 1.165) is 12.0 Å². The van der Waals surface area contributed by atoms with Crippen molar-refractivity contribution in [2.75, 3.05) is 7.05 Å². The molecular formula is C15H21N. The SMILES string of the molecule is C=C(C)c1ccc(CC(NC)C(=C)C)cc1. The highest BCUT2D eigenvalue weighted by Gasteiger charge is 2.07. The molecule has 1 unspecified atom stereocenters. The maximum Gasteiger partial charge on any atom is 0.0311 e. The molecule has 1 aromatic carbocycles. The Morgan fingerprint density at radius 3 is 2.12 bits per heavy atom. The second kappa shape index (κ2) is 5.66. The van der Waals surface area contributed by atoms with Gasteiger partial charge in [0.1, 0.15) is 0 Å². The Morgan fingerprint density at radius 2 is 1.75 bits per heavy atom. The molecule has 1 aromatic rings. The molecule has 16 heavy (non-hydrogen) atoms. The van der Waals surface area contributed by atoms with Crippen molar-refractivity contribution in [1.82, 2.24) is 5.32 Å². The van der Waals surface area contributed by atoms with Gasteiger partial charge in [-0.25, -0.2) is 0 Å². The van der Waals surface area contributed by atoms with Crippen molar-refractivity contribution in [3.8, 4) is 0 Å². The van der Waals surface area contributed by atoms with Crippen LogP contribution in [0.5, 0.6) is 0 Å². The van der Waals surface area contributed by atoms with Gasteiger partial charge in [0, 0.05) is 6.04 Å². The van der Waals surface area contributed by atoms with E-state index in [2.05, 4.69) is 49.7 Å². The normalized spacial score (nSPS) is 12.2. The van der Waals surface area contributed by atoms with Gasteiger partial charge in [0.25, 0.3) is 0 Å². The predicted molar refractivity (Wildman–Crippen MR) is 72.5 cm³/mol. The Morgan fingerprint density at radius 1 is 1.19 bits per heavy atom. The van der Waals surface area contributed by atoms with Gasteiger partial charge in [0.05, 0.1) is 0 Å². The van der Waals surface area contributed by atoms with E-state index >= 15 is 0 Å². The van der Waals surface area contributed by atoms with E-state index in [-0.39, 0.29) is 0 Å². The van der Waals surface area contributed by atoms with Crippen molar-refractivity contribution in [2.24, 2.45) is 0 Å². The van der Waals surface area contributed by atoms with Gasteiger partial charge in [0.2, 0.25) is 0 Å². The third-order valence-corrected chi connectivity index (χ3v) is 2.83. The highest BCUT2D eigenvalue weighted by Crippen LogP contribution is 2.14. The topological polar surface area (TPSA) is 12.0 Å². The second-order valence-corrected chi connectivity index (χ2v) is 4.37. The van der Waals surface area contributed by atoms with E-state index in [4.69, 9.17) is 0 Å². The van der Waals surface area contributed by atoms with Gasteiger partial charge in [-0.05, 0) is 38.4 Å². The average molecular weight is 215 g/mol. The first-order valence-electron chi connectivity index (χ1n) is 5.62. The molecule has 0 aliphatic heterocycles. The molecule has 0 heterocycles. The van der Waals surface area contributed by atoms with Gasteiger partial charge in [-0.1, -0.05) is 48.6 Å². The lowest BCUT2D eigenvalue weighted by atomic mass is 9.99. The molecule has 0 aliphatic carbocycles. The third-order valence-electron chi connectivity index (χ3n) is 2.83. The molecule has 0 saturated carbocycles. The summed E-state index contributed by atoms with van der Waals surface area (Å²) in [4.78, 5) is 0. The molecule has 0 fully saturated rings. The van der Waals surface area contributed by atoms with Crippen molar-refractivity contribution in [1.29, 1.82) is 0 Å². The van der Waals surface area contributed by atoms with Crippen LogP contribution in [0.15, 0.2) is 43.0 Å². The maximum atomic E-state index is 3.99. The Kier molecular flexibility index (Phi) is 4.51. The number of rotatable bonds is 5. The Labute approximate surface area is 98.9 Å². The molecule has 0 radical (unpaired) electrons. The van der Waals surface area contributed by atoms with Crippen LogP contribution in [0.1, 0.15) is 25.0 Å². The summed E-state index contributed by atoms with van der Waals surface area (Å²) in [5.41, 5.74) is 4.82.